The third kappa shape index (κ3) is 8.17. The van der Waals surface area contributed by atoms with Gasteiger partial charge in [0.05, 0.1) is 22.5 Å². The molecule has 1 atom stereocenters. The SMILES string of the molecule is CC1(NC(=O)Cc2ccc(Cl)c(Cl)c2)CCN(CC[C@H](NC(=O)C2CCCCC2)c2cccc(F)c2)CC1. The van der Waals surface area contributed by atoms with Gasteiger partial charge in [-0.15, -0.1) is 0 Å². The van der Waals surface area contributed by atoms with Crippen LogP contribution < -0.4 is 10.6 Å². The van der Waals surface area contributed by atoms with E-state index in [2.05, 4.69) is 22.5 Å². The van der Waals surface area contributed by atoms with E-state index in [1.54, 1.807) is 18.2 Å². The van der Waals surface area contributed by atoms with Crippen LogP contribution in [-0.4, -0.2) is 41.9 Å². The number of hydrogen-bond donors (Lipinski definition) is 2. The van der Waals surface area contributed by atoms with Crippen LogP contribution in [0.2, 0.25) is 10.0 Å². The highest BCUT2D eigenvalue weighted by molar-refractivity contribution is 6.42. The van der Waals surface area contributed by atoms with E-state index >= 15 is 0 Å². The lowest BCUT2D eigenvalue weighted by Crippen LogP contribution is -2.54. The highest BCUT2D eigenvalue weighted by atomic mass is 35.5. The van der Waals surface area contributed by atoms with E-state index in [1.807, 2.05) is 12.1 Å². The molecule has 2 aromatic carbocycles. The van der Waals surface area contributed by atoms with Gasteiger partial charge < -0.3 is 15.5 Å². The van der Waals surface area contributed by atoms with Crippen molar-refractivity contribution < 1.29 is 14.0 Å². The highest BCUT2D eigenvalue weighted by Gasteiger charge is 2.32. The first-order valence-electron chi connectivity index (χ1n) is 13.7. The topological polar surface area (TPSA) is 61.4 Å². The molecule has 2 fully saturated rings. The van der Waals surface area contributed by atoms with Crippen molar-refractivity contribution in [1.29, 1.82) is 0 Å². The van der Waals surface area contributed by atoms with Crippen molar-refractivity contribution in [3.05, 3.63) is 69.5 Å². The molecule has 8 heteroatoms. The molecule has 2 N–H and O–H groups in total. The molecule has 5 nitrogen and oxygen atoms in total. The summed E-state index contributed by atoms with van der Waals surface area (Å²) in [4.78, 5) is 28.1. The van der Waals surface area contributed by atoms with E-state index in [0.29, 0.717) is 16.5 Å². The lowest BCUT2D eigenvalue weighted by atomic mass is 9.88. The van der Waals surface area contributed by atoms with Gasteiger partial charge in [-0.1, -0.05) is 60.7 Å². The van der Waals surface area contributed by atoms with Crippen LogP contribution in [0.4, 0.5) is 4.39 Å². The molecule has 1 saturated heterocycles. The van der Waals surface area contributed by atoms with Crippen molar-refractivity contribution in [2.45, 2.75) is 76.3 Å². The maximum Gasteiger partial charge on any atom is 0.224 e. The fourth-order valence-electron chi connectivity index (χ4n) is 5.62. The first kappa shape index (κ1) is 28.8. The van der Waals surface area contributed by atoms with E-state index in [0.717, 1.165) is 69.3 Å². The summed E-state index contributed by atoms with van der Waals surface area (Å²) in [6, 6.07) is 11.6. The van der Waals surface area contributed by atoms with E-state index in [9.17, 15) is 14.0 Å². The number of benzene rings is 2. The van der Waals surface area contributed by atoms with Crippen molar-refractivity contribution in [2.24, 2.45) is 5.92 Å². The van der Waals surface area contributed by atoms with Gasteiger partial charge in [-0.05, 0) is 74.4 Å². The Kier molecular flexibility index (Phi) is 10.1. The Labute approximate surface area is 235 Å². The molecule has 1 aliphatic heterocycles. The molecule has 38 heavy (non-hydrogen) atoms. The van der Waals surface area contributed by atoms with Gasteiger partial charge in [-0.2, -0.15) is 0 Å². The molecule has 2 aromatic rings. The van der Waals surface area contributed by atoms with Crippen molar-refractivity contribution >= 4 is 35.0 Å². The number of hydrogen-bond acceptors (Lipinski definition) is 3. The maximum atomic E-state index is 14.0. The molecule has 0 radical (unpaired) electrons. The minimum absolute atomic E-state index is 0.0315. The third-order valence-corrected chi connectivity index (χ3v) is 8.77. The summed E-state index contributed by atoms with van der Waals surface area (Å²) in [5, 5.41) is 7.38. The zero-order valence-electron chi connectivity index (χ0n) is 22.1. The number of piperidine rings is 1. The quantitative estimate of drug-likeness (QED) is 0.368. The minimum atomic E-state index is -0.287. The van der Waals surface area contributed by atoms with Crippen LogP contribution >= 0.6 is 23.2 Å². The molecule has 206 valence electrons. The number of rotatable bonds is 9. The third-order valence-electron chi connectivity index (χ3n) is 8.03. The first-order valence-corrected chi connectivity index (χ1v) is 14.5. The number of nitrogens with one attached hydrogen (secondary N) is 2. The number of likely N-dealkylation sites (tertiary alicyclic amines) is 1. The van der Waals surface area contributed by atoms with Crippen molar-refractivity contribution in [1.82, 2.24) is 15.5 Å². The second-order valence-corrected chi connectivity index (χ2v) is 11.9. The van der Waals surface area contributed by atoms with E-state index < -0.39 is 0 Å². The Morgan fingerprint density at radius 2 is 1.79 bits per heavy atom. The highest BCUT2D eigenvalue weighted by Crippen LogP contribution is 2.28. The fraction of sp³-hybridized carbons (Fsp3) is 0.533. The molecule has 1 aliphatic carbocycles. The van der Waals surface area contributed by atoms with Crippen LogP contribution in [-0.2, 0) is 16.0 Å². The van der Waals surface area contributed by atoms with Gasteiger partial charge in [-0.3, -0.25) is 9.59 Å². The second kappa shape index (κ2) is 13.3. The summed E-state index contributed by atoms with van der Waals surface area (Å²) in [5.74, 6) is -0.168. The zero-order chi connectivity index (χ0) is 27.1. The van der Waals surface area contributed by atoms with Gasteiger partial charge in [0.2, 0.25) is 11.8 Å². The predicted molar refractivity (Wildman–Crippen MR) is 151 cm³/mol. The molecule has 2 amide bonds. The average Bonchev–Trinajstić information content (AvgIpc) is 2.90. The molecule has 0 spiro atoms. The van der Waals surface area contributed by atoms with E-state index in [-0.39, 0.29) is 41.6 Å². The Morgan fingerprint density at radius 1 is 1.05 bits per heavy atom. The first-order chi connectivity index (χ1) is 18.2. The Hall–Kier alpha value is -2.15. The summed E-state index contributed by atoms with van der Waals surface area (Å²) in [5.41, 5.74) is 1.36. The van der Waals surface area contributed by atoms with Gasteiger partial charge in [-0.25, -0.2) is 4.39 Å². The van der Waals surface area contributed by atoms with Crippen LogP contribution in [0.5, 0.6) is 0 Å². The van der Waals surface area contributed by atoms with Crippen molar-refractivity contribution in [2.75, 3.05) is 19.6 Å². The molecule has 1 saturated carbocycles. The fourth-order valence-corrected chi connectivity index (χ4v) is 5.94. The molecular weight excluding hydrogens is 524 g/mol. The Morgan fingerprint density at radius 3 is 2.47 bits per heavy atom. The van der Waals surface area contributed by atoms with E-state index in [4.69, 9.17) is 23.2 Å². The smallest absolute Gasteiger partial charge is 0.224 e. The largest absolute Gasteiger partial charge is 0.351 e. The summed E-state index contributed by atoms with van der Waals surface area (Å²) in [6.45, 7) is 4.57. The zero-order valence-corrected chi connectivity index (χ0v) is 23.6. The molecule has 0 unspecified atom stereocenters. The number of halogens is 3. The van der Waals surface area contributed by atoms with Gasteiger partial charge >= 0.3 is 0 Å². The normalized spacial score (nSPS) is 19.1. The van der Waals surface area contributed by atoms with Crippen LogP contribution in [0, 0.1) is 11.7 Å². The number of carbonyl (C=O) groups is 2. The summed E-state index contributed by atoms with van der Waals surface area (Å²) >= 11 is 12.1. The number of amides is 2. The molecule has 1 heterocycles. The van der Waals surface area contributed by atoms with Crippen molar-refractivity contribution in [3.8, 4) is 0 Å². The van der Waals surface area contributed by atoms with Gasteiger partial charge in [0.1, 0.15) is 5.82 Å². The lowest BCUT2D eigenvalue weighted by molar-refractivity contribution is -0.126. The summed E-state index contributed by atoms with van der Waals surface area (Å²) < 4.78 is 14.0. The Bertz CT molecular complexity index is 1110. The molecule has 4 rings (SSSR count). The van der Waals surface area contributed by atoms with Gasteiger partial charge in [0, 0.05) is 31.1 Å². The van der Waals surface area contributed by atoms with Gasteiger partial charge in [0.15, 0.2) is 0 Å². The van der Waals surface area contributed by atoms with E-state index in [1.165, 1.54) is 18.6 Å². The molecule has 2 aliphatic rings. The Balaban J connectivity index is 1.29. The van der Waals surface area contributed by atoms with Gasteiger partial charge in [0.25, 0.3) is 0 Å². The molecular formula is C30H38Cl2FN3O2. The van der Waals surface area contributed by atoms with Crippen molar-refractivity contribution in [3.63, 3.8) is 0 Å². The van der Waals surface area contributed by atoms with Crippen LogP contribution in [0.25, 0.3) is 0 Å². The standard InChI is InChI=1S/C30H38Cl2FN3O2/c1-30(35-28(37)19-21-10-11-25(31)26(32)18-21)13-16-36(17-14-30)15-12-27(23-8-5-9-24(33)20-23)34-29(38)22-6-3-2-4-7-22/h5,8-11,18,20,22,27H,2-4,6-7,12-17,19H2,1H3,(H,34,38)(H,35,37)/t27-/m0/s1. The predicted octanol–water partition coefficient (Wildman–Crippen LogP) is 6.47. The summed E-state index contributed by atoms with van der Waals surface area (Å²) in [7, 11) is 0. The number of nitrogens with zero attached hydrogens (tertiary/aromatic N) is 1. The van der Waals surface area contributed by atoms with Crippen LogP contribution in [0.3, 0.4) is 0 Å². The number of carbonyl (C=O) groups excluding carboxylic acids is 2. The molecule has 0 aromatic heterocycles. The maximum absolute atomic E-state index is 14.0. The second-order valence-electron chi connectivity index (χ2n) is 11.1. The minimum Gasteiger partial charge on any atom is -0.351 e. The monoisotopic (exact) mass is 561 g/mol. The molecule has 0 bridgehead atoms. The lowest BCUT2D eigenvalue weighted by Gasteiger charge is -2.40. The summed E-state index contributed by atoms with van der Waals surface area (Å²) in [6.07, 6.45) is 7.89. The average molecular weight is 563 g/mol. The van der Waals surface area contributed by atoms with Crippen LogP contribution in [0.1, 0.15) is 75.5 Å². The van der Waals surface area contributed by atoms with Crippen LogP contribution in [0.15, 0.2) is 42.5 Å².